The van der Waals surface area contributed by atoms with Gasteiger partial charge in [-0.25, -0.2) is 0 Å². The summed E-state index contributed by atoms with van der Waals surface area (Å²) in [5.41, 5.74) is 0.365. The molecule has 1 N–H and O–H groups in total. The minimum Gasteiger partial charge on any atom is -0.306 e. The van der Waals surface area contributed by atoms with Crippen LogP contribution in [0.3, 0.4) is 0 Å². The Morgan fingerprint density at radius 2 is 1.90 bits per heavy atom. The summed E-state index contributed by atoms with van der Waals surface area (Å²) in [6.07, 6.45) is -4.36. The molecule has 1 unspecified atom stereocenters. The fourth-order valence-corrected chi connectivity index (χ4v) is 3.62. The highest BCUT2D eigenvalue weighted by Gasteiger charge is 2.32. The van der Waals surface area contributed by atoms with Gasteiger partial charge in [0, 0.05) is 12.6 Å². The van der Waals surface area contributed by atoms with Gasteiger partial charge in [0.25, 0.3) is 0 Å². The van der Waals surface area contributed by atoms with Crippen molar-refractivity contribution in [3.63, 3.8) is 0 Å². The van der Waals surface area contributed by atoms with Gasteiger partial charge in [0.1, 0.15) is 0 Å². The molecule has 0 bridgehead atoms. The molecule has 1 heterocycles. The van der Waals surface area contributed by atoms with Crippen LogP contribution in [0.4, 0.5) is 13.2 Å². The van der Waals surface area contributed by atoms with Gasteiger partial charge in [-0.1, -0.05) is 41.4 Å². The number of hydrogen-bond donors (Lipinski definition) is 1. The number of rotatable bonds is 4. The molecule has 0 spiro atoms. The monoisotopic (exact) mass is 353 g/mol. The van der Waals surface area contributed by atoms with Crippen molar-refractivity contribution < 1.29 is 13.2 Å². The fourth-order valence-electron chi connectivity index (χ4n) is 1.97. The molecule has 2 aromatic rings. The van der Waals surface area contributed by atoms with E-state index >= 15 is 0 Å². The van der Waals surface area contributed by atoms with Crippen LogP contribution in [-0.4, -0.2) is 0 Å². The Kier molecular flexibility index (Phi) is 5.20. The number of benzene rings is 1. The van der Waals surface area contributed by atoms with Crippen molar-refractivity contribution in [3.05, 3.63) is 55.7 Å². The van der Waals surface area contributed by atoms with Gasteiger partial charge < -0.3 is 5.32 Å². The van der Waals surface area contributed by atoms with E-state index in [4.69, 9.17) is 23.2 Å². The second kappa shape index (κ2) is 6.57. The maximum atomic E-state index is 12.9. The third-order valence-corrected chi connectivity index (χ3v) is 4.59. The van der Waals surface area contributed by atoms with Crippen LogP contribution in [0.25, 0.3) is 0 Å². The molecular weight excluding hydrogens is 342 g/mol. The molecule has 0 saturated heterocycles. The molecule has 0 saturated carbocycles. The van der Waals surface area contributed by atoms with Crippen LogP contribution in [0.1, 0.15) is 29.7 Å². The molecule has 1 aromatic carbocycles. The number of hydrogen-bond acceptors (Lipinski definition) is 2. The molecule has 0 fully saturated rings. The zero-order chi connectivity index (χ0) is 15.6. The zero-order valence-corrected chi connectivity index (χ0v) is 13.3. The zero-order valence-electron chi connectivity index (χ0n) is 11.0. The number of halogens is 5. The van der Waals surface area contributed by atoms with E-state index in [0.717, 1.165) is 11.6 Å². The largest absolute Gasteiger partial charge is 0.416 e. The number of alkyl halides is 3. The Hall–Kier alpha value is -0.750. The quantitative estimate of drug-likeness (QED) is 0.718. The summed E-state index contributed by atoms with van der Waals surface area (Å²) < 4.78 is 39.8. The highest BCUT2D eigenvalue weighted by molar-refractivity contribution is 7.20. The summed E-state index contributed by atoms with van der Waals surface area (Å²) in [6.45, 7) is 1.93. The van der Waals surface area contributed by atoms with E-state index in [1.165, 1.54) is 23.5 Å². The smallest absolute Gasteiger partial charge is 0.306 e. The van der Waals surface area contributed by atoms with Gasteiger partial charge in [-0.15, -0.1) is 11.3 Å². The highest BCUT2D eigenvalue weighted by atomic mass is 35.5. The molecule has 1 nitrogen and oxygen atoms in total. The van der Waals surface area contributed by atoms with Gasteiger partial charge in [0.15, 0.2) is 0 Å². The Bertz CT molecular complexity index is 625. The second-order valence-electron chi connectivity index (χ2n) is 4.54. The van der Waals surface area contributed by atoms with Crippen LogP contribution in [0.15, 0.2) is 30.3 Å². The Morgan fingerprint density at radius 1 is 1.24 bits per heavy atom. The molecule has 1 atom stereocenters. The van der Waals surface area contributed by atoms with Crippen LogP contribution >= 0.6 is 34.5 Å². The highest BCUT2D eigenvalue weighted by Crippen LogP contribution is 2.35. The average molecular weight is 354 g/mol. The molecule has 21 heavy (non-hydrogen) atoms. The maximum absolute atomic E-state index is 12.9. The third-order valence-electron chi connectivity index (χ3n) is 3.07. The normalized spacial score (nSPS) is 13.4. The van der Waals surface area contributed by atoms with Gasteiger partial charge in [0.05, 0.1) is 14.2 Å². The SMILES string of the molecule is CC(NCc1ccccc1C(F)(F)F)c1cc(Cl)sc1Cl. The van der Waals surface area contributed by atoms with Crippen molar-refractivity contribution in [2.45, 2.75) is 25.7 Å². The Balaban J connectivity index is 2.12. The van der Waals surface area contributed by atoms with Gasteiger partial charge in [-0.2, -0.15) is 13.2 Å². The molecule has 0 aliphatic carbocycles. The molecule has 114 valence electrons. The molecule has 7 heteroatoms. The minimum atomic E-state index is -4.36. The van der Waals surface area contributed by atoms with Crippen LogP contribution in [0, 0.1) is 0 Å². The third kappa shape index (κ3) is 4.13. The first kappa shape index (κ1) is 16.6. The van der Waals surface area contributed by atoms with E-state index in [1.54, 1.807) is 12.1 Å². The lowest BCUT2D eigenvalue weighted by molar-refractivity contribution is -0.138. The molecule has 0 amide bonds. The molecule has 0 aliphatic heterocycles. The van der Waals surface area contributed by atoms with E-state index in [0.29, 0.717) is 8.67 Å². The van der Waals surface area contributed by atoms with E-state index in [-0.39, 0.29) is 18.2 Å². The van der Waals surface area contributed by atoms with Gasteiger partial charge >= 0.3 is 6.18 Å². The van der Waals surface area contributed by atoms with E-state index in [9.17, 15) is 13.2 Å². The lowest BCUT2D eigenvalue weighted by Crippen LogP contribution is -2.20. The topological polar surface area (TPSA) is 12.0 Å². The molecule has 0 aliphatic rings. The standard InChI is InChI=1S/C14H12Cl2F3NS/c1-8(10-6-12(15)21-13(10)16)20-7-9-4-2-3-5-11(9)14(17,18)19/h2-6,8,20H,7H2,1H3. The first-order chi connectivity index (χ1) is 9.79. The first-order valence-electron chi connectivity index (χ1n) is 6.12. The van der Waals surface area contributed by atoms with E-state index < -0.39 is 11.7 Å². The van der Waals surface area contributed by atoms with Crippen molar-refractivity contribution in [1.29, 1.82) is 0 Å². The lowest BCUT2D eigenvalue weighted by Gasteiger charge is -2.16. The van der Waals surface area contributed by atoms with Crippen LogP contribution in [-0.2, 0) is 12.7 Å². The molecule has 1 aromatic heterocycles. The predicted molar refractivity (Wildman–Crippen MR) is 81.0 cm³/mol. The first-order valence-corrected chi connectivity index (χ1v) is 7.69. The van der Waals surface area contributed by atoms with Crippen molar-refractivity contribution in [3.8, 4) is 0 Å². The Morgan fingerprint density at radius 3 is 2.48 bits per heavy atom. The van der Waals surface area contributed by atoms with Crippen molar-refractivity contribution >= 4 is 34.5 Å². The van der Waals surface area contributed by atoms with E-state index in [2.05, 4.69) is 5.32 Å². The van der Waals surface area contributed by atoms with Gasteiger partial charge in [-0.3, -0.25) is 0 Å². The fraction of sp³-hybridized carbons (Fsp3) is 0.286. The second-order valence-corrected chi connectivity index (χ2v) is 6.82. The summed E-state index contributed by atoms with van der Waals surface area (Å²) in [7, 11) is 0. The van der Waals surface area contributed by atoms with E-state index in [1.807, 2.05) is 6.92 Å². The summed E-state index contributed by atoms with van der Waals surface area (Å²) in [4.78, 5) is 0. The van der Waals surface area contributed by atoms with Crippen LogP contribution in [0.2, 0.25) is 8.67 Å². The molecule has 2 rings (SSSR count). The Labute approximate surface area is 134 Å². The summed E-state index contributed by atoms with van der Waals surface area (Å²) in [5, 5.41) is 3.05. The lowest BCUT2D eigenvalue weighted by atomic mass is 10.1. The maximum Gasteiger partial charge on any atom is 0.416 e. The minimum absolute atomic E-state index is 0.0979. The number of thiophene rings is 1. The molecular formula is C14H12Cl2F3NS. The van der Waals surface area contributed by atoms with Crippen molar-refractivity contribution in [1.82, 2.24) is 5.32 Å². The predicted octanol–water partition coefficient (Wildman–Crippen LogP) is 5.92. The van der Waals surface area contributed by atoms with Crippen molar-refractivity contribution in [2.24, 2.45) is 0 Å². The summed E-state index contributed by atoms with van der Waals surface area (Å²) in [6, 6.07) is 7.04. The number of nitrogens with one attached hydrogen (secondary N) is 1. The van der Waals surface area contributed by atoms with Gasteiger partial charge in [-0.05, 0) is 30.2 Å². The molecule has 0 radical (unpaired) electrons. The average Bonchev–Trinajstić information content (AvgIpc) is 2.74. The van der Waals surface area contributed by atoms with Crippen molar-refractivity contribution in [2.75, 3.05) is 0 Å². The summed E-state index contributed by atoms with van der Waals surface area (Å²) >= 11 is 13.1. The van der Waals surface area contributed by atoms with Crippen LogP contribution < -0.4 is 5.32 Å². The van der Waals surface area contributed by atoms with Gasteiger partial charge in [0.2, 0.25) is 0 Å². The van der Waals surface area contributed by atoms with Crippen LogP contribution in [0.5, 0.6) is 0 Å². The summed E-state index contributed by atoms with van der Waals surface area (Å²) in [5.74, 6) is 0.